The van der Waals surface area contributed by atoms with E-state index in [9.17, 15) is 9.59 Å². The predicted octanol–water partition coefficient (Wildman–Crippen LogP) is 5.40. The smallest absolute Gasteiger partial charge is 0.274 e. The summed E-state index contributed by atoms with van der Waals surface area (Å²) in [7, 11) is 0. The van der Waals surface area contributed by atoms with Gasteiger partial charge in [0.25, 0.3) is 5.91 Å². The molecule has 0 saturated heterocycles. The molecule has 2 aromatic carbocycles. The first kappa shape index (κ1) is 19.3. The van der Waals surface area contributed by atoms with Crippen molar-refractivity contribution in [1.82, 2.24) is 4.98 Å². The zero-order valence-electron chi connectivity index (χ0n) is 16.2. The van der Waals surface area contributed by atoms with Crippen LogP contribution in [0.25, 0.3) is 0 Å². The molecule has 0 radical (unpaired) electrons. The molecule has 2 N–H and O–H groups in total. The number of amides is 1. The molecule has 0 atom stereocenters. The van der Waals surface area contributed by atoms with Gasteiger partial charge in [-0.2, -0.15) is 0 Å². The van der Waals surface area contributed by atoms with Gasteiger partial charge >= 0.3 is 0 Å². The number of anilines is 3. The van der Waals surface area contributed by atoms with Gasteiger partial charge in [0, 0.05) is 28.8 Å². The van der Waals surface area contributed by atoms with E-state index in [0.29, 0.717) is 22.9 Å². The highest BCUT2D eigenvalue weighted by atomic mass is 16.2. The zero-order valence-corrected chi connectivity index (χ0v) is 16.2. The third-order valence-corrected chi connectivity index (χ3v) is 4.41. The normalized spacial score (nSPS) is 10.6. The third-order valence-electron chi connectivity index (χ3n) is 4.41. The fourth-order valence-electron chi connectivity index (χ4n) is 2.73. The number of pyridine rings is 1. The summed E-state index contributed by atoms with van der Waals surface area (Å²) >= 11 is 0. The van der Waals surface area contributed by atoms with Crippen molar-refractivity contribution in [2.24, 2.45) is 0 Å². The minimum absolute atomic E-state index is 0.0141. The topological polar surface area (TPSA) is 71.1 Å². The molecule has 0 unspecified atom stereocenters. The maximum Gasteiger partial charge on any atom is 0.274 e. The Kier molecular flexibility index (Phi) is 5.84. The second-order valence-corrected chi connectivity index (χ2v) is 6.92. The SMILES string of the molecule is CC(=O)c1ccc(NC(=O)c2cc(Nc3ccc(C(C)C)cc3)ccn2)cc1. The van der Waals surface area contributed by atoms with Gasteiger partial charge in [-0.3, -0.25) is 14.6 Å². The van der Waals surface area contributed by atoms with Crippen LogP contribution in [0.15, 0.2) is 66.9 Å². The highest BCUT2D eigenvalue weighted by molar-refractivity contribution is 6.03. The van der Waals surface area contributed by atoms with Gasteiger partial charge in [-0.05, 0) is 66.9 Å². The van der Waals surface area contributed by atoms with E-state index in [2.05, 4.69) is 41.6 Å². The average Bonchev–Trinajstić information content (AvgIpc) is 2.69. The lowest BCUT2D eigenvalue weighted by Gasteiger charge is -2.10. The number of ketones is 1. The molecule has 1 amide bonds. The summed E-state index contributed by atoms with van der Waals surface area (Å²) in [4.78, 5) is 28.0. The van der Waals surface area contributed by atoms with E-state index in [1.807, 2.05) is 18.2 Å². The Morgan fingerprint density at radius 2 is 1.50 bits per heavy atom. The Hall–Kier alpha value is -3.47. The monoisotopic (exact) mass is 373 g/mol. The van der Waals surface area contributed by atoms with Gasteiger partial charge < -0.3 is 10.6 Å². The van der Waals surface area contributed by atoms with E-state index < -0.39 is 0 Å². The van der Waals surface area contributed by atoms with E-state index in [-0.39, 0.29) is 11.7 Å². The van der Waals surface area contributed by atoms with Crippen molar-refractivity contribution < 1.29 is 9.59 Å². The summed E-state index contributed by atoms with van der Waals surface area (Å²) < 4.78 is 0. The van der Waals surface area contributed by atoms with Crippen molar-refractivity contribution in [3.8, 4) is 0 Å². The minimum atomic E-state index is -0.311. The second-order valence-electron chi connectivity index (χ2n) is 6.92. The van der Waals surface area contributed by atoms with Crippen molar-refractivity contribution in [2.45, 2.75) is 26.7 Å². The van der Waals surface area contributed by atoms with Gasteiger partial charge in [0.15, 0.2) is 5.78 Å². The maximum atomic E-state index is 12.5. The Bertz CT molecular complexity index is 977. The van der Waals surface area contributed by atoms with E-state index in [1.54, 1.807) is 36.5 Å². The molecule has 142 valence electrons. The van der Waals surface area contributed by atoms with E-state index in [1.165, 1.54) is 12.5 Å². The molecule has 0 saturated carbocycles. The number of Topliss-reactive ketones (excluding diaryl/α,β-unsaturated/α-hetero) is 1. The van der Waals surface area contributed by atoms with Crippen molar-refractivity contribution >= 4 is 28.8 Å². The van der Waals surface area contributed by atoms with Crippen LogP contribution in [0.1, 0.15) is 53.1 Å². The molecule has 0 aliphatic rings. The lowest BCUT2D eigenvalue weighted by molar-refractivity contribution is 0.101. The fourth-order valence-corrected chi connectivity index (χ4v) is 2.73. The van der Waals surface area contributed by atoms with Crippen molar-refractivity contribution in [3.63, 3.8) is 0 Å². The number of carbonyl (C=O) groups is 2. The van der Waals surface area contributed by atoms with Crippen LogP contribution in [-0.4, -0.2) is 16.7 Å². The zero-order chi connectivity index (χ0) is 20.1. The summed E-state index contributed by atoms with van der Waals surface area (Å²) in [6, 6.07) is 18.5. The Morgan fingerprint density at radius 3 is 2.11 bits per heavy atom. The molecular formula is C23H23N3O2. The van der Waals surface area contributed by atoms with Crippen LogP contribution in [0.5, 0.6) is 0 Å². The summed E-state index contributed by atoms with van der Waals surface area (Å²) in [6.45, 7) is 5.82. The molecule has 0 aliphatic heterocycles. The summed E-state index contributed by atoms with van der Waals surface area (Å²) in [5, 5.41) is 6.09. The largest absolute Gasteiger partial charge is 0.355 e. The lowest BCUT2D eigenvalue weighted by Crippen LogP contribution is -2.14. The molecule has 0 fully saturated rings. The lowest BCUT2D eigenvalue weighted by atomic mass is 10.0. The Balaban J connectivity index is 1.69. The van der Waals surface area contributed by atoms with Crippen LogP contribution in [0, 0.1) is 0 Å². The van der Waals surface area contributed by atoms with Gasteiger partial charge in [-0.15, -0.1) is 0 Å². The highest BCUT2D eigenvalue weighted by Crippen LogP contribution is 2.21. The molecule has 1 heterocycles. The first-order valence-corrected chi connectivity index (χ1v) is 9.18. The molecule has 1 aromatic heterocycles. The Morgan fingerprint density at radius 1 is 0.857 bits per heavy atom. The number of aromatic nitrogens is 1. The number of nitrogens with zero attached hydrogens (tertiary/aromatic N) is 1. The molecule has 0 bridgehead atoms. The standard InChI is InChI=1S/C23H23N3O2/c1-15(2)17-4-8-19(9-5-17)25-21-12-13-24-22(14-21)23(28)26-20-10-6-18(7-11-20)16(3)27/h4-15H,1-3H3,(H,24,25)(H,26,28). The molecular weight excluding hydrogens is 350 g/mol. The van der Waals surface area contributed by atoms with Crippen LogP contribution in [0.2, 0.25) is 0 Å². The maximum absolute atomic E-state index is 12.5. The second kappa shape index (κ2) is 8.48. The molecule has 0 aliphatic carbocycles. The molecule has 3 aromatic rings. The van der Waals surface area contributed by atoms with E-state index in [4.69, 9.17) is 0 Å². The average molecular weight is 373 g/mol. The minimum Gasteiger partial charge on any atom is -0.355 e. The van der Waals surface area contributed by atoms with Gasteiger partial charge in [0.1, 0.15) is 5.69 Å². The van der Waals surface area contributed by atoms with Crippen molar-refractivity contribution in [3.05, 3.63) is 83.7 Å². The third kappa shape index (κ3) is 4.82. The summed E-state index contributed by atoms with van der Waals surface area (Å²) in [5.41, 5.74) is 4.52. The van der Waals surface area contributed by atoms with Crippen LogP contribution in [-0.2, 0) is 0 Å². The number of nitrogens with one attached hydrogen (secondary N) is 2. The van der Waals surface area contributed by atoms with Gasteiger partial charge in [-0.1, -0.05) is 26.0 Å². The first-order chi connectivity index (χ1) is 13.4. The molecule has 5 nitrogen and oxygen atoms in total. The van der Waals surface area contributed by atoms with Crippen LogP contribution >= 0.6 is 0 Å². The summed E-state index contributed by atoms with van der Waals surface area (Å²) in [5.74, 6) is 0.156. The molecule has 0 spiro atoms. The fraction of sp³-hybridized carbons (Fsp3) is 0.174. The summed E-state index contributed by atoms with van der Waals surface area (Å²) in [6.07, 6.45) is 1.60. The Labute approximate surface area is 164 Å². The molecule has 28 heavy (non-hydrogen) atoms. The van der Waals surface area contributed by atoms with E-state index >= 15 is 0 Å². The first-order valence-electron chi connectivity index (χ1n) is 9.18. The van der Waals surface area contributed by atoms with Crippen LogP contribution in [0.4, 0.5) is 17.1 Å². The number of hydrogen-bond acceptors (Lipinski definition) is 4. The number of carbonyl (C=O) groups excluding carboxylic acids is 2. The molecule has 5 heteroatoms. The predicted molar refractivity (Wildman–Crippen MR) is 112 cm³/mol. The van der Waals surface area contributed by atoms with Crippen LogP contribution < -0.4 is 10.6 Å². The highest BCUT2D eigenvalue weighted by Gasteiger charge is 2.09. The number of rotatable bonds is 6. The molecule has 3 rings (SSSR count). The number of hydrogen-bond donors (Lipinski definition) is 2. The van der Waals surface area contributed by atoms with Crippen LogP contribution in [0.3, 0.4) is 0 Å². The number of benzene rings is 2. The van der Waals surface area contributed by atoms with Gasteiger partial charge in [0.05, 0.1) is 0 Å². The van der Waals surface area contributed by atoms with Gasteiger partial charge in [-0.25, -0.2) is 0 Å². The van der Waals surface area contributed by atoms with Gasteiger partial charge in [0.2, 0.25) is 0 Å². The van der Waals surface area contributed by atoms with Crippen molar-refractivity contribution in [2.75, 3.05) is 10.6 Å². The quantitative estimate of drug-likeness (QED) is 0.567. The van der Waals surface area contributed by atoms with Crippen molar-refractivity contribution in [1.29, 1.82) is 0 Å². The van der Waals surface area contributed by atoms with E-state index in [0.717, 1.165) is 11.4 Å².